The number of nitrogens with two attached hydrogens (primary N) is 1. The third-order valence-electron chi connectivity index (χ3n) is 3.01. The summed E-state index contributed by atoms with van der Waals surface area (Å²) < 4.78 is 15.6. The summed E-state index contributed by atoms with van der Waals surface area (Å²) in [5.41, 5.74) is 6.27. The van der Waals surface area contributed by atoms with Gasteiger partial charge in [-0.3, -0.25) is 4.57 Å². The predicted molar refractivity (Wildman–Crippen MR) is 73.7 cm³/mol. The van der Waals surface area contributed by atoms with E-state index in [-0.39, 0.29) is 5.82 Å². The van der Waals surface area contributed by atoms with Crippen molar-refractivity contribution in [3.8, 4) is 0 Å². The average molecular weight is 299 g/mol. The fourth-order valence-corrected chi connectivity index (χ4v) is 3.23. The van der Waals surface area contributed by atoms with E-state index in [2.05, 4.69) is 10.2 Å². The van der Waals surface area contributed by atoms with Crippen molar-refractivity contribution in [2.75, 3.05) is 5.73 Å². The molecule has 4 nitrogen and oxygen atoms in total. The Kier molecular flexibility index (Phi) is 3.36. The predicted octanol–water partition coefficient (Wildman–Crippen LogP) is 3.28. The number of nitrogen functional groups attached to an aromatic ring is 1. The zero-order chi connectivity index (χ0) is 13.4. The highest BCUT2D eigenvalue weighted by molar-refractivity contribution is 7.98. The highest BCUT2D eigenvalue weighted by atomic mass is 35.5. The van der Waals surface area contributed by atoms with Gasteiger partial charge in [0, 0.05) is 22.4 Å². The molecule has 0 spiro atoms. The molecule has 7 heteroatoms. The Morgan fingerprint density at radius 1 is 1.42 bits per heavy atom. The van der Waals surface area contributed by atoms with Gasteiger partial charge in [0.05, 0.1) is 0 Å². The van der Waals surface area contributed by atoms with E-state index in [9.17, 15) is 4.39 Å². The van der Waals surface area contributed by atoms with Gasteiger partial charge >= 0.3 is 0 Å². The number of anilines is 1. The molecule has 100 valence electrons. The van der Waals surface area contributed by atoms with Crippen LogP contribution in [0.4, 0.5) is 10.3 Å². The Hall–Kier alpha value is -1.27. The molecule has 1 aliphatic carbocycles. The number of nitrogens with zero attached hydrogens (tertiary/aromatic N) is 3. The second kappa shape index (κ2) is 5.02. The standard InChI is InChI=1S/C12H12ClFN4S/c13-9-2-1-3-10(14)8(9)6-19-12-17-16-11(15)18(12)7-4-5-7/h1-3,7H,4-6H2,(H2,15,16). The minimum Gasteiger partial charge on any atom is -0.368 e. The minimum absolute atomic E-state index is 0.301. The molecule has 0 saturated heterocycles. The number of hydrogen-bond donors (Lipinski definition) is 1. The first-order valence-corrected chi connectivity index (χ1v) is 7.29. The number of aromatic nitrogens is 3. The molecule has 3 rings (SSSR count). The van der Waals surface area contributed by atoms with E-state index < -0.39 is 0 Å². The summed E-state index contributed by atoms with van der Waals surface area (Å²) in [6.45, 7) is 0. The largest absolute Gasteiger partial charge is 0.368 e. The van der Waals surface area contributed by atoms with Gasteiger partial charge in [0.15, 0.2) is 5.16 Å². The molecule has 0 bridgehead atoms. The second-order valence-electron chi connectivity index (χ2n) is 4.43. The summed E-state index contributed by atoms with van der Waals surface area (Å²) >= 11 is 7.40. The summed E-state index contributed by atoms with van der Waals surface area (Å²) in [7, 11) is 0. The van der Waals surface area contributed by atoms with Crippen molar-refractivity contribution in [1.29, 1.82) is 0 Å². The van der Waals surface area contributed by atoms with E-state index in [0.29, 0.717) is 28.3 Å². The number of thioether (sulfide) groups is 1. The number of halogens is 2. The number of hydrogen-bond acceptors (Lipinski definition) is 4. The highest BCUT2D eigenvalue weighted by Crippen LogP contribution is 2.40. The van der Waals surface area contributed by atoms with Gasteiger partial charge in [-0.1, -0.05) is 29.4 Å². The maximum atomic E-state index is 13.7. The molecule has 0 atom stereocenters. The molecule has 1 fully saturated rings. The van der Waals surface area contributed by atoms with Gasteiger partial charge in [-0.05, 0) is 25.0 Å². The average Bonchev–Trinajstić information content (AvgIpc) is 3.14. The zero-order valence-electron chi connectivity index (χ0n) is 10.0. The van der Waals surface area contributed by atoms with Crippen LogP contribution in [-0.4, -0.2) is 14.8 Å². The SMILES string of the molecule is Nc1nnc(SCc2c(F)cccc2Cl)n1C1CC1. The Labute approximate surface area is 119 Å². The van der Waals surface area contributed by atoms with Crippen LogP contribution in [0.25, 0.3) is 0 Å². The maximum Gasteiger partial charge on any atom is 0.222 e. The number of benzene rings is 1. The van der Waals surface area contributed by atoms with Crippen molar-refractivity contribution in [3.63, 3.8) is 0 Å². The van der Waals surface area contributed by atoms with Crippen LogP contribution in [0.5, 0.6) is 0 Å². The molecule has 0 radical (unpaired) electrons. The molecule has 2 N–H and O–H groups in total. The first-order chi connectivity index (χ1) is 9.16. The maximum absolute atomic E-state index is 13.7. The van der Waals surface area contributed by atoms with Crippen LogP contribution in [0.15, 0.2) is 23.4 Å². The van der Waals surface area contributed by atoms with Crippen LogP contribution in [0.1, 0.15) is 24.4 Å². The fourth-order valence-electron chi connectivity index (χ4n) is 1.87. The van der Waals surface area contributed by atoms with Crippen LogP contribution in [0.3, 0.4) is 0 Å². The van der Waals surface area contributed by atoms with Gasteiger partial charge in [0.25, 0.3) is 0 Å². The molecule has 2 aromatic rings. The van der Waals surface area contributed by atoms with Crippen LogP contribution < -0.4 is 5.73 Å². The minimum atomic E-state index is -0.301. The third-order valence-corrected chi connectivity index (χ3v) is 4.33. The molecule has 0 aliphatic heterocycles. The van der Waals surface area contributed by atoms with Gasteiger partial charge in [-0.15, -0.1) is 10.2 Å². The summed E-state index contributed by atoms with van der Waals surface area (Å²) in [5, 5.41) is 9.07. The summed E-state index contributed by atoms with van der Waals surface area (Å²) in [4.78, 5) is 0. The van der Waals surface area contributed by atoms with Crippen molar-refractivity contribution >= 4 is 29.3 Å². The van der Waals surface area contributed by atoms with E-state index >= 15 is 0 Å². The van der Waals surface area contributed by atoms with Gasteiger partial charge in [-0.2, -0.15) is 0 Å². The van der Waals surface area contributed by atoms with Crippen molar-refractivity contribution in [3.05, 3.63) is 34.6 Å². The third kappa shape index (κ3) is 2.55. The molecular weight excluding hydrogens is 287 g/mol. The Morgan fingerprint density at radius 2 is 2.21 bits per heavy atom. The van der Waals surface area contributed by atoms with Crippen molar-refractivity contribution in [1.82, 2.24) is 14.8 Å². The molecule has 1 heterocycles. The Bertz CT molecular complexity index is 592. The molecule has 1 aromatic heterocycles. The molecule has 0 amide bonds. The monoisotopic (exact) mass is 298 g/mol. The lowest BCUT2D eigenvalue weighted by Crippen LogP contribution is -2.02. The van der Waals surface area contributed by atoms with E-state index in [1.807, 2.05) is 4.57 Å². The van der Waals surface area contributed by atoms with Crippen LogP contribution in [0, 0.1) is 5.82 Å². The lowest BCUT2D eigenvalue weighted by molar-refractivity contribution is 0.617. The summed E-state index contributed by atoms with van der Waals surface area (Å²) in [6.07, 6.45) is 2.19. The zero-order valence-corrected chi connectivity index (χ0v) is 11.6. The van der Waals surface area contributed by atoms with Crippen molar-refractivity contribution in [2.45, 2.75) is 29.8 Å². The molecule has 1 saturated carbocycles. The first-order valence-electron chi connectivity index (χ1n) is 5.93. The number of rotatable bonds is 4. The van der Waals surface area contributed by atoms with E-state index in [1.54, 1.807) is 12.1 Å². The van der Waals surface area contributed by atoms with E-state index in [4.69, 9.17) is 17.3 Å². The van der Waals surface area contributed by atoms with Crippen molar-refractivity contribution < 1.29 is 4.39 Å². The molecular formula is C12H12ClFN4S. The summed E-state index contributed by atoms with van der Waals surface area (Å²) in [6, 6.07) is 5.08. The van der Waals surface area contributed by atoms with Gasteiger partial charge in [0.1, 0.15) is 5.82 Å². The van der Waals surface area contributed by atoms with Crippen molar-refractivity contribution in [2.24, 2.45) is 0 Å². The van der Waals surface area contributed by atoms with Gasteiger partial charge < -0.3 is 5.73 Å². The lowest BCUT2D eigenvalue weighted by atomic mass is 10.2. The van der Waals surface area contributed by atoms with E-state index in [1.165, 1.54) is 17.8 Å². The topological polar surface area (TPSA) is 56.7 Å². The highest BCUT2D eigenvalue weighted by Gasteiger charge is 2.28. The quantitative estimate of drug-likeness (QED) is 0.880. The van der Waals surface area contributed by atoms with Crippen LogP contribution in [0.2, 0.25) is 5.02 Å². The van der Waals surface area contributed by atoms with Crippen LogP contribution >= 0.6 is 23.4 Å². The Balaban J connectivity index is 1.79. The second-order valence-corrected chi connectivity index (χ2v) is 5.78. The molecule has 1 aliphatic rings. The lowest BCUT2D eigenvalue weighted by Gasteiger charge is -2.07. The molecule has 0 unspecified atom stereocenters. The first kappa shape index (κ1) is 12.7. The smallest absolute Gasteiger partial charge is 0.222 e. The summed E-state index contributed by atoms with van der Waals surface area (Å²) in [5.74, 6) is 0.534. The van der Waals surface area contributed by atoms with E-state index in [0.717, 1.165) is 18.0 Å². The molecule has 1 aromatic carbocycles. The molecule has 19 heavy (non-hydrogen) atoms. The van der Waals surface area contributed by atoms with Crippen LogP contribution in [-0.2, 0) is 5.75 Å². The normalized spacial score (nSPS) is 14.8. The fraction of sp³-hybridized carbons (Fsp3) is 0.333. The van der Waals surface area contributed by atoms with Gasteiger partial charge in [0.2, 0.25) is 5.95 Å². The van der Waals surface area contributed by atoms with Gasteiger partial charge in [-0.25, -0.2) is 4.39 Å². The Morgan fingerprint density at radius 3 is 2.89 bits per heavy atom.